The Bertz CT molecular complexity index is 885. The molecule has 2 amide bonds. The van der Waals surface area contributed by atoms with Crippen LogP contribution in [0.15, 0.2) is 46.0 Å². The van der Waals surface area contributed by atoms with Crippen LogP contribution in [-0.4, -0.2) is 50.7 Å². The van der Waals surface area contributed by atoms with Gasteiger partial charge in [0.15, 0.2) is 18.1 Å². The highest BCUT2D eigenvalue weighted by atomic mass is 79.9. The van der Waals surface area contributed by atoms with Gasteiger partial charge in [0.25, 0.3) is 11.8 Å². The molecule has 2 aromatic carbocycles. The summed E-state index contributed by atoms with van der Waals surface area (Å²) in [6.07, 6.45) is 1.47. The van der Waals surface area contributed by atoms with Gasteiger partial charge in [0, 0.05) is 24.7 Å². The van der Waals surface area contributed by atoms with E-state index in [-0.39, 0.29) is 18.4 Å². The number of hydrazone groups is 1. The SMILES string of the molecule is COc1cc(/C=N/NC(=O)c2ccc(Cl)cc2)cc(Br)c1OCC(=O)N(C)C. The highest BCUT2D eigenvalue weighted by Gasteiger charge is 2.14. The van der Waals surface area contributed by atoms with Crippen LogP contribution in [0.1, 0.15) is 15.9 Å². The fourth-order valence-corrected chi connectivity index (χ4v) is 2.75. The molecule has 0 radical (unpaired) electrons. The predicted octanol–water partition coefficient (Wildman–Crippen LogP) is 3.34. The highest BCUT2D eigenvalue weighted by Crippen LogP contribution is 2.36. The van der Waals surface area contributed by atoms with Crippen molar-refractivity contribution in [3.05, 3.63) is 57.0 Å². The number of benzene rings is 2. The number of carbonyl (C=O) groups is 2. The third-order valence-corrected chi connectivity index (χ3v) is 4.42. The molecule has 9 heteroatoms. The predicted molar refractivity (Wildman–Crippen MR) is 111 cm³/mol. The largest absolute Gasteiger partial charge is 0.493 e. The average molecular weight is 469 g/mol. The van der Waals surface area contributed by atoms with Crippen molar-refractivity contribution in [2.24, 2.45) is 5.10 Å². The van der Waals surface area contributed by atoms with Crippen LogP contribution in [0, 0.1) is 0 Å². The summed E-state index contributed by atoms with van der Waals surface area (Å²) in [5.74, 6) is 0.289. The molecule has 148 valence electrons. The van der Waals surface area contributed by atoms with Gasteiger partial charge in [-0.1, -0.05) is 11.6 Å². The summed E-state index contributed by atoms with van der Waals surface area (Å²) >= 11 is 9.20. The molecule has 1 N–H and O–H groups in total. The van der Waals surface area contributed by atoms with Gasteiger partial charge < -0.3 is 14.4 Å². The van der Waals surface area contributed by atoms with E-state index in [1.165, 1.54) is 18.2 Å². The molecule has 0 spiro atoms. The first kappa shape index (κ1) is 21.7. The Labute approximate surface area is 176 Å². The molecular formula is C19H19BrClN3O4. The van der Waals surface area contributed by atoms with Crippen LogP contribution in [0.5, 0.6) is 11.5 Å². The number of hydrogen-bond acceptors (Lipinski definition) is 5. The number of carbonyl (C=O) groups excluding carboxylic acids is 2. The van der Waals surface area contributed by atoms with E-state index < -0.39 is 0 Å². The molecule has 0 aliphatic rings. The first-order valence-electron chi connectivity index (χ1n) is 8.11. The number of hydrogen-bond donors (Lipinski definition) is 1. The normalized spacial score (nSPS) is 10.6. The number of halogens is 2. The van der Waals surface area contributed by atoms with Gasteiger partial charge in [-0.15, -0.1) is 0 Å². The summed E-state index contributed by atoms with van der Waals surface area (Å²) in [7, 11) is 4.79. The molecule has 0 unspecified atom stereocenters. The minimum Gasteiger partial charge on any atom is -0.493 e. The summed E-state index contributed by atoms with van der Waals surface area (Å²) < 4.78 is 11.5. The van der Waals surface area contributed by atoms with E-state index in [1.807, 2.05) is 0 Å². The molecule has 2 rings (SSSR count). The minimum atomic E-state index is -0.360. The summed E-state index contributed by atoms with van der Waals surface area (Å²) in [4.78, 5) is 25.2. The molecule has 2 aromatic rings. The van der Waals surface area contributed by atoms with Crippen molar-refractivity contribution in [2.45, 2.75) is 0 Å². The Morgan fingerprint density at radius 3 is 2.54 bits per heavy atom. The Kier molecular flexibility index (Phi) is 7.83. The molecule has 0 aliphatic heterocycles. The number of likely N-dealkylation sites (N-methyl/N-ethyl adjacent to an activating group) is 1. The van der Waals surface area contributed by atoms with E-state index in [1.54, 1.807) is 50.5 Å². The summed E-state index contributed by atoms with van der Waals surface area (Å²) in [6, 6.07) is 9.87. The number of rotatable bonds is 7. The van der Waals surface area contributed by atoms with Crippen molar-refractivity contribution in [3.8, 4) is 11.5 Å². The third-order valence-electron chi connectivity index (χ3n) is 3.58. The number of nitrogens with one attached hydrogen (secondary N) is 1. The van der Waals surface area contributed by atoms with Gasteiger partial charge in [-0.05, 0) is 57.9 Å². The van der Waals surface area contributed by atoms with Crippen LogP contribution in [0.4, 0.5) is 0 Å². The smallest absolute Gasteiger partial charge is 0.271 e. The van der Waals surface area contributed by atoms with E-state index in [4.69, 9.17) is 21.1 Å². The summed E-state index contributed by atoms with van der Waals surface area (Å²) in [5.41, 5.74) is 3.54. The molecule has 28 heavy (non-hydrogen) atoms. The third kappa shape index (κ3) is 5.97. The fourth-order valence-electron chi connectivity index (χ4n) is 2.05. The zero-order valence-electron chi connectivity index (χ0n) is 15.5. The van der Waals surface area contributed by atoms with E-state index in [2.05, 4.69) is 26.5 Å². The molecule has 0 atom stereocenters. The zero-order chi connectivity index (χ0) is 20.7. The van der Waals surface area contributed by atoms with Crippen molar-refractivity contribution in [1.29, 1.82) is 0 Å². The maximum absolute atomic E-state index is 12.0. The molecule has 0 saturated heterocycles. The Hall–Kier alpha value is -2.58. The first-order chi connectivity index (χ1) is 13.3. The minimum absolute atomic E-state index is 0.119. The standard InChI is InChI=1S/C19H19BrClN3O4/c1-24(2)17(25)11-28-18-15(20)8-12(9-16(18)27-3)10-22-23-19(26)13-4-6-14(21)7-5-13/h4-10H,11H2,1-3H3,(H,23,26)/b22-10+. The van der Waals surface area contributed by atoms with Crippen LogP contribution in [0.2, 0.25) is 5.02 Å². The van der Waals surface area contributed by atoms with Gasteiger partial charge in [-0.25, -0.2) is 5.43 Å². The van der Waals surface area contributed by atoms with Crippen molar-refractivity contribution < 1.29 is 19.1 Å². The van der Waals surface area contributed by atoms with Gasteiger partial charge in [0.05, 0.1) is 17.8 Å². The van der Waals surface area contributed by atoms with Crippen molar-refractivity contribution in [1.82, 2.24) is 10.3 Å². The second-order valence-electron chi connectivity index (χ2n) is 5.82. The first-order valence-corrected chi connectivity index (χ1v) is 9.28. The lowest BCUT2D eigenvalue weighted by atomic mass is 10.2. The monoisotopic (exact) mass is 467 g/mol. The average Bonchev–Trinajstić information content (AvgIpc) is 2.66. The van der Waals surface area contributed by atoms with E-state index in [0.29, 0.717) is 32.1 Å². The maximum Gasteiger partial charge on any atom is 0.271 e. The maximum atomic E-state index is 12.0. The van der Waals surface area contributed by atoms with Crippen molar-refractivity contribution >= 4 is 45.6 Å². The van der Waals surface area contributed by atoms with Crippen molar-refractivity contribution in [3.63, 3.8) is 0 Å². The number of ether oxygens (including phenoxy) is 2. The van der Waals surface area contributed by atoms with Gasteiger partial charge in [-0.2, -0.15) is 5.10 Å². The molecule has 0 fully saturated rings. The Morgan fingerprint density at radius 2 is 1.93 bits per heavy atom. The molecule has 0 aliphatic carbocycles. The van der Waals surface area contributed by atoms with Gasteiger partial charge in [0.2, 0.25) is 0 Å². The zero-order valence-corrected chi connectivity index (χ0v) is 17.9. The quantitative estimate of drug-likeness (QED) is 0.499. The van der Waals surface area contributed by atoms with Gasteiger partial charge in [0.1, 0.15) is 0 Å². The Balaban J connectivity index is 2.08. The molecule has 0 bridgehead atoms. The lowest BCUT2D eigenvalue weighted by Gasteiger charge is -2.15. The molecule has 0 saturated carbocycles. The summed E-state index contributed by atoms with van der Waals surface area (Å²) in [5, 5.41) is 4.50. The molecule has 7 nitrogen and oxygen atoms in total. The van der Waals surface area contributed by atoms with Crippen LogP contribution in [0.3, 0.4) is 0 Å². The van der Waals surface area contributed by atoms with Crippen LogP contribution >= 0.6 is 27.5 Å². The lowest BCUT2D eigenvalue weighted by Crippen LogP contribution is -2.27. The van der Waals surface area contributed by atoms with E-state index >= 15 is 0 Å². The number of nitrogens with zero attached hydrogens (tertiary/aromatic N) is 2. The van der Waals surface area contributed by atoms with Crippen LogP contribution in [0.25, 0.3) is 0 Å². The van der Waals surface area contributed by atoms with E-state index in [9.17, 15) is 9.59 Å². The topological polar surface area (TPSA) is 80.2 Å². The Morgan fingerprint density at radius 1 is 1.25 bits per heavy atom. The summed E-state index contributed by atoms with van der Waals surface area (Å²) in [6.45, 7) is -0.119. The van der Waals surface area contributed by atoms with Crippen LogP contribution in [-0.2, 0) is 4.79 Å². The number of amides is 2. The lowest BCUT2D eigenvalue weighted by molar-refractivity contribution is -0.130. The molecule has 0 aromatic heterocycles. The van der Waals surface area contributed by atoms with Crippen LogP contribution < -0.4 is 14.9 Å². The van der Waals surface area contributed by atoms with Gasteiger partial charge >= 0.3 is 0 Å². The molecule has 0 heterocycles. The second-order valence-corrected chi connectivity index (χ2v) is 7.11. The van der Waals surface area contributed by atoms with Gasteiger partial charge in [-0.3, -0.25) is 9.59 Å². The fraction of sp³-hybridized carbons (Fsp3) is 0.211. The van der Waals surface area contributed by atoms with Crippen molar-refractivity contribution in [2.75, 3.05) is 27.8 Å². The van der Waals surface area contributed by atoms with E-state index in [0.717, 1.165) is 0 Å². The highest BCUT2D eigenvalue weighted by molar-refractivity contribution is 9.10. The number of methoxy groups -OCH3 is 1. The second kappa shape index (κ2) is 10.1. The molecular weight excluding hydrogens is 450 g/mol.